The maximum Gasteiger partial charge on any atom is 0.408 e. The first-order valence-electron chi connectivity index (χ1n) is 23.2. The number of hydrogen-bond donors (Lipinski definition) is 2. The number of esters is 2. The number of carbonyl (C=O) groups is 4. The summed E-state index contributed by atoms with van der Waals surface area (Å²) in [6.07, 6.45) is 2.62. The van der Waals surface area contributed by atoms with Gasteiger partial charge < -0.3 is 38.5 Å². The lowest BCUT2D eigenvalue weighted by Gasteiger charge is -2.43. The molecule has 7 rings (SSSR count). The minimum Gasteiger partial charge on any atom is -0.489 e. The van der Waals surface area contributed by atoms with Crippen LogP contribution < -0.4 is 20.4 Å². The van der Waals surface area contributed by atoms with Crippen molar-refractivity contribution in [3.63, 3.8) is 0 Å². The van der Waals surface area contributed by atoms with Crippen LogP contribution in [0.15, 0.2) is 29.8 Å². The molecule has 2 N–H and O–H groups in total. The highest BCUT2D eigenvalue weighted by atomic mass is 32.1. The van der Waals surface area contributed by atoms with E-state index in [0.717, 1.165) is 57.8 Å². The van der Waals surface area contributed by atoms with Crippen molar-refractivity contribution in [3.05, 3.63) is 46.0 Å². The average Bonchev–Trinajstić information content (AvgIpc) is 3.88. The number of benzene rings is 1. The fourth-order valence-electron chi connectivity index (χ4n) is 9.25. The maximum atomic E-state index is 14.2. The average molecular weight is 945 g/mol. The highest BCUT2D eigenvalue weighted by Gasteiger charge is 2.36. The Morgan fingerprint density at radius 1 is 1.04 bits per heavy atom. The Hall–Kier alpha value is -5.30. The SMILES string of the molecule is COC(=O)[C@@H]1CCCN(C(=O)[C@H](Cc2nc(-c3cc4c5c(c3)c(CC(C)(C)COC(C)=O)c(-c3cc(N6C[C@@H](C)N(C)[C@@H](C)C6)cnc3[C@H](C)OC)n5CCO4)cs2)NC(=O)OC(C)(C)C)N1. The number of pyridine rings is 1. The van der Waals surface area contributed by atoms with Crippen LogP contribution in [0.4, 0.5) is 10.5 Å². The first kappa shape index (κ1) is 49.6. The summed E-state index contributed by atoms with van der Waals surface area (Å²) in [5, 5.41) is 7.68. The van der Waals surface area contributed by atoms with Gasteiger partial charge in [0.15, 0.2) is 0 Å². The second-order valence-corrected chi connectivity index (χ2v) is 20.9. The van der Waals surface area contributed by atoms with E-state index >= 15 is 0 Å². The normalized spacial score (nSPS) is 20.0. The molecule has 2 saturated heterocycles. The van der Waals surface area contributed by atoms with Gasteiger partial charge in [0.25, 0.3) is 5.91 Å². The van der Waals surface area contributed by atoms with Gasteiger partial charge in [-0.2, -0.15) is 0 Å². The lowest BCUT2D eigenvalue weighted by atomic mass is 9.84. The third-order valence-electron chi connectivity index (χ3n) is 12.9. The Bertz CT molecular complexity index is 2470. The first-order valence-corrected chi connectivity index (χ1v) is 24.1. The fourth-order valence-corrected chi connectivity index (χ4v) is 10.1. The number of ether oxygens (including phenoxy) is 5. The van der Waals surface area contributed by atoms with Gasteiger partial charge >= 0.3 is 18.0 Å². The summed E-state index contributed by atoms with van der Waals surface area (Å²) in [5.41, 5.74) is 9.07. The van der Waals surface area contributed by atoms with Gasteiger partial charge in [-0.15, -0.1) is 11.3 Å². The number of methoxy groups -OCH3 is 2. The maximum absolute atomic E-state index is 14.2. The number of nitrogens with zero attached hydrogens (tertiary/aromatic N) is 6. The number of anilines is 1. The lowest BCUT2D eigenvalue weighted by Crippen LogP contribution is -2.60. The van der Waals surface area contributed by atoms with Crippen LogP contribution in [-0.4, -0.2) is 132 Å². The van der Waals surface area contributed by atoms with Crippen LogP contribution in [0.25, 0.3) is 33.4 Å². The number of amides is 2. The molecule has 3 aromatic heterocycles. The second-order valence-electron chi connectivity index (χ2n) is 20.0. The molecular formula is C49H68N8O9S. The standard InChI is InChI=1S/C49H68N8O9S/c1-28-24-55(25-29(2)54(28)10)33-20-35(42(50-23-33)30(3)62-11)43-36(22-49(8,9)27-65-31(4)58)34-18-32(19-40-44(34)56(43)16-17-64-40)39-26-67-41(51-39)21-38(52-47(61)66-48(5,6)7)45(59)57-15-13-14-37(53-57)46(60)63-12/h18-20,23,26,28-30,37-38,53H,13-17,21-22,24-25,27H2,1-12H3,(H,52,61)/t28-,29+,30-,37-,38-/m0/s1. The highest BCUT2D eigenvalue weighted by Crippen LogP contribution is 2.47. The molecule has 0 aliphatic carbocycles. The number of alkyl carbamates (subject to hydrolysis) is 1. The molecule has 5 atom stereocenters. The molecule has 67 heavy (non-hydrogen) atoms. The molecule has 6 heterocycles. The van der Waals surface area contributed by atoms with Gasteiger partial charge in [-0.1, -0.05) is 13.8 Å². The van der Waals surface area contributed by atoms with Crippen LogP contribution in [0, 0.1) is 5.41 Å². The van der Waals surface area contributed by atoms with E-state index in [0.29, 0.717) is 67.5 Å². The lowest BCUT2D eigenvalue weighted by molar-refractivity contribution is -0.150. The van der Waals surface area contributed by atoms with Crippen molar-refractivity contribution in [1.82, 2.24) is 35.2 Å². The van der Waals surface area contributed by atoms with E-state index in [2.05, 4.69) is 72.0 Å². The van der Waals surface area contributed by atoms with Gasteiger partial charge in [0.05, 0.1) is 65.9 Å². The minimum absolute atomic E-state index is 0.0696. The van der Waals surface area contributed by atoms with Gasteiger partial charge in [0.2, 0.25) is 0 Å². The molecule has 0 unspecified atom stereocenters. The van der Waals surface area contributed by atoms with Crippen LogP contribution in [-0.2, 0) is 52.7 Å². The minimum atomic E-state index is -1.06. The first-order chi connectivity index (χ1) is 31.7. The molecule has 3 aliphatic heterocycles. The van der Waals surface area contributed by atoms with Crippen molar-refractivity contribution >= 4 is 51.9 Å². The molecule has 18 heteroatoms. The van der Waals surface area contributed by atoms with Crippen molar-refractivity contribution in [2.24, 2.45) is 5.41 Å². The summed E-state index contributed by atoms with van der Waals surface area (Å²) in [6, 6.07) is 5.38. The number of carbonyl (C=O) groups excluding carboxylic acids is 4. The molecule has 0 spiro atoms. The molecule has 0 saturated carbocycles. The highest BCUT2D eigenvalue weighted by molar-refractivity contribution is 7.10. The number of likely N-dealkylation sites (N-methyl/N-ethyl adjacent to an activating group) is 1. The molecule has 3 aliphatic rings. The molecule has 0 bridgehead atoms. The van der Waals surface area contributed by atoms with E-state index in [1.807, 2.05) is 24.6 Å². The van der Waals surface area contributed by atoms with E-state index in [-0.39, 0.29) is 25.1 Å². The van der Waals surface area contributed by atoms with Crippen molar-refractivity contribution in [2.75, 3.05) is 59.0 Å². The Balaban J connectivity index is 1.32. The van der Waals surface area contributed by atoms with E-state index in [4.69, 9.17) is 33.7 Å². The molecular weight excluding hydrogens is 877 g/mol. The van der Waals surface area contributed by atoms with E-state index in [1.165, 1.54) is 30.4 Å². The number of rotatable bonds is 14. The van der Waals surface area contributed by atoms with Gasteiger partial charge in [-0.3, -0.25) is 29.3 Å². The Morgan fingerprint density at radius 3 is 2.45 bits per heavy atom. The summed E-state index contributed by atoms with van der Waals surface area (Å²) < 4.78 is 31.0. The molecule has 0 radical (unpaired) electrons. The number of piperazine rings is 1. The molecule has 2 fully saturated rings. The quantitative estimate of drug-likeness (QED) is 0.101. The fraction of sp³-hybridized carbons (Fsp3) is 0.592. The van der Waals surface area contributed by atoms with Crippen molar-refractivity contribution in [1.29, 1.82) is 0 Å². The molecule has 2 amide bonds. The number of thiazole rings is 1. The van der Waals surface area contributed by atoms with Crippen molar-refractivity contribution in [2.45, 2.75) is 130 Å². The third kappa shape index (κ3) is 11.2. The van der Waals surface area contributed by atoms with Crippen LogP contribution in [0.1, 0.15) is 97.5 Å². The van der Waals surface area contributed by atoms with Gasteiger partial charge in [0, 0.05) is 79.5 Å². The van der Waals surface area contributed by atoms with Crippen LogP contribution in [0.5, 0.6) is 5.75 Å². The van der Waals surface area contributed by atoms with Crippen LogP contribution in [0.2, 0.25) is 0 Å². The predicted molar refractivity (Wildman–Crippen MR) is 257 cm³/mol. The number of nitrogens with one attached hydrogen (secondary N) is 2. The molecule has 1 aromatic carbocycles. The monoisotopic (exact) mass is 944 g/mol. The smallest absolute Gasteiger partial charge is 0.408 e. The van der Waals surface area contributed by atoms with Gasteiger partial charge in [-0.25, -0.2) is 15.2 Å². The molecule has 4 aromatic rings. The Morgan fingerprint density at radius 2 is 1.78 bits per heavy atom. The number of aromatic nitrogens is 3. The second kappa shape index (κ2) is 20.1. The van der Waals surface area contributed by atoms with Gasteiger partial charge in [-0.05, 0) is 91.6 Å². The van der Waals surface area contributed by atoms with Crippen LogP contribution in [0.3, 0.4) is 0 Å². The summed E-state index contributed by atoms with van der Waals surface area (Å²) in [5.74, 6) is -0.524. The third-order valence-corrected chi connectivity index (χ3v) is 13.8. The van der Waals surface area contributed by atoms with Gasteiger partial charge in [0.1, 0.15) is 30.0 Å². The predicted octanol–water partition coefficient (Wildman–Crippen LogP) is 6.69. The summed E-state index contributed by atoms with van der Waals surface area (Å²) >= 11 is 1.38. The summed E-state index contributed by atoms with van der Waals surface area (Å²) in [6.45, 7) is 20.7. The topological polar surface area (TPSA) is 179 Å². The number of hydrogen-bond acceptors (Lipinski definition) is 15. The van der Waals surface area contributed by atoms with E-state index in [9.17, 15) is 19.2 Å². The van der Waals surface area contributed by atoms with E-state index < -0.39 is 41.1 Å². The van der Waals surface area contributed by atoms with Crippen molar-refractivity contribution in [3.8, 4) is 28.3 Å². The zero-order valence-corrected chi connectivity index (χ0v) is 41.9. The van der Waals surface area contributed by atoms with Crippen LogP contribution >= 0.6 is 11.3 Å². The molecule has 364 valence electrons. The van der Waals surface area contributed by atoms with Crippen molar-refractivity contribution < 1.29 is 42.9 Å². The molecule has 17 nitrogen and oxygen atoms in total. The zero-order chi connectivity index (χ0) is 48.5. The Labute approximate surface area is 397 Å². The number of hydrazine groups is 1. The summed E-state index contributed by atoms with van der Waals surface area (Å²) in [4.78, 5) is 67.0. The zero-order valence-electron chi connectivity index (χ0n) is 41.1. The summed E-state index contributed by atoms with van der Waals surface area (Å²) in [7, 11) is 5.19. The largest absolute Gasteiger partial charge is 0.489 e. The van der Waals surface area contributed by atoms with E-state index in [1.54, 1.807) is 27.9 Å². The Kier molecular flexibility index (Phi) is 14.9.